The first-order valence-corrected chi connectivity index (χ1v) is 9.14. The van der Waals surface area contributed by atoms with Gasteiger partial charge in [-0.25, -0.2) is 0 Å². The fourth-order valence-corrected chi connectivity index (χ4v) is 3.42. The molecule has 1 fully saturated rings. The van der Waals surface area contributed by atoms with Gasteiger partial charge in [-0.15, -0.1) is 0 Å². The van der Waals surface area contributed by atoms with Crippen LogP contribution in [0, 0.1) is 5.41 Å². The number of nitrogens with one attached hydrogen (secondary N) is 1. The molecule has 0 aliphatic carbocycles. The Bertz CT molecular complexity index is 751. The molecule has 1 amide bonds. The maximum absolute atomic E-state index is 12.6. The molecule has 0 radical (unpaired) electrons. The summed E-state index contributed by atoms with van der Waals surface area (Å²) in [5.74, 6) is 0.168. The molecule has 1 saturated heterocycles. The van der Waals surface area contributed by atoms with Gasteiger partial charge in [0.1, 0.15) is 5.75 Å². The minimum absolute atomic E-state index is 0.00899. The van der Waals surface area contributed by atoms with E-state index in [0.29, 0.717) is 12.0 Å². The highest BCUT2D eigenvalue weighted by molar-refractivity contribution is 5.94. The van der Waals surface area contributed by atoms with Gasteiger partial charge in [-0.3, -0.25) is 4.79 Å². The first-order valence-electron chi connectivity index (χ1n) is 9.14. The Labute approximate surface area is 155 Å². The van der Waals surface area contributed by atoms with Crippen molar-refractivity contribution in [3.63, 3.8) is 0 Å². The van der Waals surface area contributed by atoms with Crippen molar-refractivity contribution >= 4 is 5.91 Å². The molecule has 1 heterocycles. The van der Waals surface area contributed by atoms with E-state index in [1.54, 1.807) is 12.1 Å². The number of amides is 1. The average Bonchev–Trinajstić information content (AvgIpc) is 2.62. The summed E-state index contributed by atoms with van der Waals surface area (Å²) < 4.78 is 6.32. The molecule has 0 spiro atoms. The topological polar surface area (TPSA) is 58.6 Å². The van der Waals surface area contributed by atoms with Gasteiger partial charge in [0.05, 0.1) is 12.2 Å². The summed E-state index contributed by atoms with van der Waals surface area (Å²) in [4.78, 5) is 12.6. The molecule has 0 aromatic heterocycles. The van der Waals surface area contributed by atoms with Crippen molar-refractivity contribution in [1.82, 2.24) is 5.32 Å². The van der Waals surface area contributed by atoms with E-state index in [0.717, 1.165) is 12.0 Å². The highest BCUT2D eigenvalue weighted by atomic mass is 16.5. The largest absolute Gasteiger partial charge is 0.508 e. The van der Waals surface area contributed by atoms with E-state index in [1.807, 2.05) is 42.5 Å². The molecular formula is C22H27NO3. The van der Waals surface area contributed by atoms with E-state index >= 15 is 0 Å². The van der Waals surface area contributed by atoms with Crippen LogP contribution in [0.3, 0.4) is 0 Å². The van der Waals surface area contributed by atoms with Crippen molar-refractivity contribution in [2.24, 2.45) is 5.41 Å². The first-order chi connectivity index (χ1) is 12.3. The van der Waals surface area contributed by atoms with E-state index in [2.05, 4.69) is 26.1 Å². The summed E-state index contributed by atoms with van der Waals surface area (Å²) in [5, 5.41) is 13.4. The summed E-state index contributed by atoms with van der Waals surface area (Å²) in [6, 6.07) is 16.5. The van der Waals surface area contributed by atoms with Crippen LogP contribution in [0.1, 0.15) is 55.6 Å². The van der Waals surface area contributed by atoms with Crippen molar-refractivity contribution in [1.29, 1.82) is 0 Å². The fourth-order valence-electron chi connectivity index (χ4n) is 3.42. The third-order valence-electron chi connectivity index (χ3n) is 4.95. The summed E-state index contributed by atoms with van der Waals surface area (Å²) in [6.07, 6.45) is 1.15. The molecule has 4 nitrogen and oxygen atoms in total. The number of benzene rings is 2. The lowest BCUT2D eigenvalue weighted by molar-refractivity contribution is -0.109. The number of hydrogen-bond donors (Lipinski definition) is 2. The fraction of sp³-hybridized carbons (Fsp3) is 0.409. The summed E-state index contributed by atoms with van der Waals surface area (Å²) in [5.41, 5.74) is 1.38. The van der Waals surface area contributed by atoms with Crippen LogP contribution in [0.2, 0.25) is 0 Å². The van der Waals surface area contributed by atoms with E-state index in [1.165, 1.54) is 0 Å². The standard InChI is InChI=1S/C22H27NO3/c1-22(2,3)20-14-16(23-21(25)15-9-5-4-6-10-15)13-19(26-20)17-11-7-8-12-18(17)24/h4-12,16,19-20,24H,13-14H2,1-3H3,(H,23,25)/t16-,19-,20+/m1/s1. The molecule has 0 unspecified atom stereocenters. The van der Waals surface area contributed by atoms with Crippen molar-refractivity contribution in [2.75, 3.05) is 0 Å². The molecule has 2 N–H and O–H groups in total. The van der Waals surface area contributed by atoms with Gasteiger partial charge in [-0.05, 0) is 36.5 Å². The SMILES string of the molecule is CC(C)(C)[C@@H]1C[C@H](NC(=O)c2ccccc2)C[C@H](c2ccccc2O)O1. The maximum Gasteiger partial charge on any atom is 0.251 e. The van der Waals surface area contributed by atoms with Gasteiger partial charge < -0.3 is 15.2 Å². The molecule has 3 atom stereocenters. The molecule has 26 heavy (non-hydrogen) atoms. The predicted molar refractivity (Wildman–Crippen MR) is 102 cm³/mol. The van der Waals surface area contributed by atoms with Crippen LogP contribution in [0.4, 0.5) is 0 Å². The van der Waals surface area contributed by atoms with Crippen molar-refractivity contribution in [3.8, 4) is 5.75 Å². The molecule has 0 bridgehead atoms. The molecule has 3 rings (SSSR count). The van der Waals surface area contributed by atoms with E-state index < -0.39 is 0 Å². The smallest absolute Gasteiger partial charge is 0.251 e. The van der Waals surface area contributed by atoms with Gasteiger partial charge in [0.2, 0.25) is 0 Å². The Hall–Kier alpha value is -2.33. The van der Waals surface area contributed by atoms with Crippen molar-refractivity contribution < 1.29 is 14.6 Å². The highest BCUT2D eigenvalue weighted by Crippen LogP contribution is 2.40. The number of phenolic OH excluding ortho intramolecular Hbond substituents is 1. The number of ether oxygens (including phenoxy) is 1. The Morgan fingerprint density at radius 3 is 2.35 bits per heavy atom. The maximum atomic E-state index is 12.6. The minimum Gasteiger partial charge on any atom is -0.508 e. The number of phenols is 1. The third-order valence-corrected chi connectivity index (χ3v) is 4.95. The van der Waals surface area contributed by atoms with Gasteiger partial charge in [0.25, 0.3) is 5.91 Å². The Morgan fingerprint density at radius 1 is 1.04 bits per heavy atom. The van der Waals surface area contributed by atoms with Crippen LogP contribution in [-0.2, 0) is 4.74 Å². The van der Waals surface area contributed by atoms with E-state index in [-0.39, 0.29) is 35.3 Å². The predicted octanol–water partition coefficient (Wildman–Crippen LogP) is 4.46. The summed E-state index contributed by atoms with van der Waals surface area (Å²) in [7, 11) is 0. The quantitative estimate of drug-likeness (QED) is 0.857. The Kier molecular flexibility index (Phi) is 5.33. The first kappa shape index (κ1) is 18.5. The zero-order valence-electron chi connectivity index (χ0n) is 15.6. The molecular weight excluding hydrogens is 326 g/mol. The molecule has 0 saturated carbocycles. The van der Waals surface area contributed by atoms with Crippen LogP contribution in [-0.4, -0.2) is 23.2 Å². The minimum atomic E-state index is -0.241. The lowest BCUT2D eigenvalue weighted by Crippen LogP contribution is -2.46. The lowest BCUT2D eigenvalue weighted by Gasteiger charge is -2.42. The molecule has 2 aromatic carbocycles. The van der Waals surface area contributed by atoms with Crippen LogP contribution in [0.25, 0.3) is 0 Å². The second kappa shape index (κ2) is 7.50. The Balaban J connectivity index is 1.81. The monoisotopic (exact) mass is 353 g/mol. The van der Waals surface area contributed by atoms with Gasteiger partial charge in [0, 0.05) is 17.2 Å². The number of hydrogen-bond acceptors (Lipinski definition) is 3. The van der Waals surface area contributed by atoms with Crippen molar-refractivity contribution in [2.45, 2.75) is 51.9 Å². The molecule has 2 aromatic rings. The molecule has 138 valence electrons. The van der Waals surface area contributed by atoms with Gasteiger partial charge in [-0.2, -0.15) is 0 Å². The number of rotatable bonds is 3. The molecule has 4 heteroatoms. The third kappa shape index (κ3) is 4.25. The number of aromatic hydroxyl groups is 1. The molecule has 1 aliphatic heterocycles. The number of para-hydroxylation sites is 1. The van der Waals surface area contributed by atoms with Crippen LogP contribution < -0.4 is 5.32 Å². The second-order valence-corrected chi connectivity index (χ2v) is 8.05. The van der Waals surface area contributed by atoms with Crippen LogP contribution in [0.5, 0.6) is 5.75 Å². The van der Waals surface area contributed by atoms with Crippen LogP contribution in [0.15, 0.2) is 54.6 Å². The second-order valence-electron chi connectivity index (χ2n) is 8.05. The van der Waals surface area contributed by atoms with Crippen LogP contribution >= 0.6 is 0 Å². The normalized spacial score (nSPS) is 23.4. The van der Waals surface area contributed by atoms with Crippen molar-refractivity contribution in [3.05, 3.63) is 65.7 Å². The number of carbonyl (C=O) groups excluding carboxylic acids is 1. The number of carbonyl (C=O) groups is 1. The molecule has 1 aliphatic rings. The zero-order chi connectivity index (χ0) is 18.7. The summed E-state index contributed by atoms with van der Waals surface area (Å²) >= 11 is 0. The zero-order valence-corrected chi connectivity index (χ0v) is 15.6. The average molecular weight is 353 g/mol. The Morgan fingerprint density at radius 2 is 1.69 bits per heavy atom. The van der Waals surface area contributed by atoms with Gasteiger partial charge in [-0.1, -0.05) is 57.2 Å². The van der Waals surface area contributed by atoms with Gasteiger partial charge >= 0.3 is 0 Å². The highest BCUT2D eigenvalue weighted by Gasteiger charge is 2.38. The van der Waals surface area contributed by atoms with Gasteiger partial charge in [0.15, 0.2) is 0 Å². The summed E-state index contributed by atoms with van der Waals surface area (Å²) in [6.45, 7) is 6.42. The van der Waals surface area contributed by atoms with E-state index in [9.17, 15) is 9.90 Å². The van der Waals surface area contributed by atoms with E-state index in [4.69, 9.17) is 4.74 Å². The lowest BCUT2D eigenvalue weighted by atomic mass is 9.81.